The molecule has 3 unspecified atom stereocenters. The second-order valence-electron chi connectivity index (χ2n) is 5.92. The van der Waals surface area contributed by atoms with E-state index in [9.17, 15) is 9.59 Å². The topological polar surface area (TPSA) is 79.9 Å². The van der Waals surface area contributed by atoms with E-state index in [0.717, 1.165) is 17.0 Å². The van der Waals surface area contributed by atoms with E-state index in [0.29, 0.717) is 18.8 Å². The number of hydrazine groups is 1. The highest BCUT2D eigenvalue weighted by molar-refractivity contribution is 8.01. The van der Waals surface area contributed by atoms with Crippen molar-refractivity contribution in [2.45, 2.75) is 17.8 Å². The summed E-state index contributed by atoms with van der Waals surface area (Å²) in [6.07, 6.45) is 0. The Kier molecular flexibility index (Phi) is 4.12. The van der Waals surface area contributed by atoms with Crippen LogP contribution in [0.5, 0.6) is 0 Å². The Hall–Kier alpha value is -1.57. The van der Waals surface area contributed by atoms with Gasteiger partial charge in [0.2, 0.25) is 5.91 Å². The summed E-state index contributed by atoms with van der Waals surface area (Å²) in [6, 6.07) is 10.1. The summed E-state index contributed by atoms with van der Waals surface area (Å²) in [4.78, 5) is 27.0. The molecular weight excluding hydrogens is 300 g/mol. The molecule has 6 nitrogen and oxygen atoms in total. The van der Waals surface area contributed by atoms with E-state index < -0.39 is 0 Å². The van der Waals surface area contributed by atoms with Gasteiger partial charge >= 0.3 is 0 Å². The number of thioether (sulfide) groups is 1. The largest absolute Gasteiger partial charge is 0.318 e. The number of benzene rings is 1. The maximum atomic E-state index is 12.1. The van der Waals surface area contributed by atoms with Crippen molar-refractivity contribution in [1.29, 1.82) is 0 Å². The fraction of sp³-hybridized carbons (Fsp3) is 0.467. The summed E-state index contributed by atoms with van der Waals surface area (Å²) >= 11 is 1.67. The van der Waals surface area contributed by atoms with Crippen molar-refractivity contribution < 1.29 is 14.5 Å². The number of fused-ring (bicyclic) bond motifs is 1. The third-order valence-electron chi connectivity index (χ3n) is 4.76. The molecule has 0 bridgehead atoms. The van der Waals surface area contributed by atoms with Gasteiger partial charge in [-0.15, -0.1) is 11.8 Å². The number of carbonyl (C=O) groups excluding carboxylic acids is 2. The van der Waals surface area contributed by atoms with Gasteiger partial charge in [0, 0.05) is 5.56 Å². The molecule has 4 N–H and O–H groups in total. The van der Waals surface area contributed by atoms with E-state index in [-0.39, 0.29) is 22.7 Å². The van der Waals surface area contributed by atoms with E-state index in [4.69, 9.17) is 5.84 Å². The van der Waals surface area contributed by atoms with Crippen LogP contribution in [0.25, 0.3) is 0 Å². The Bertz CT molecular complexity index is 582. The van der Waals surface area contributed by atoms with Crippen molar-refractivity contribution in [3.05, 3.63) is 35.9 Å². The number of piperazine rings is 1. The standard InChI is InChI=1S/C15H20N4O2S/c1-15(11-5-3-2-4-6-11)14-19(13(21)10-22-14)8-7-18(15)9-12(20)17-16/h2-6,14H,7-10,16H2,1H3,(H,17,20)/p+1. The first-order valence-corrected chi connectivity index (χ1v) is 8.43. The lowest BCUT2D eigenvalue weighted by atomic mass is 9.87. The van der Waals surface area contributed by atoms with Gasteiger partial charge < -0.3 is 9.80 Å². The monoisotopic (exact) mass is 321 g/mol. The Morgan fingerprint density at radius 3 is 2.91 bits per heavy atom. The van der Waals surface area contributed by atoms with Crippen molar-refractivity contribution >= 4 is 23.6 Å². The number of quaternary nitrogens is 1. The smallest absolute Gasteiger partial charge is 0.289 e. The van der Waals surface area contributed by atoms with E-state index in [2.05, 4.69) is 24.5 Å². The molecule has 118 valence electrons. The lowest BCUT2D eigenvalue weighted by Gasteiger charge is -2.48. The molecule has 2 saturated heterocycles. The second-order valence-corrected chi connectivity index (χ2v) is 6.99. The number of nitrogens with zero attached hydrogens (tertiary/aromatic N) is 1. The van der Waals surface area contributed by atoms with Gasteiger partial charge in [0.1, 0.15) is 5.37 Å². The van der Waals surface area contributed by atoms with Crippen molar-refractivity contribution in [1.82, 2.24) is 10.3 Å². The van der Waals surface area contributed by atoms with Crippen LogP contribution in [0.3, 0.4) is 0 Å². The van der Waals surface area contributed by atoms with Crippen LogP contribution in [-0.4, -0.2) is 47.5 Å². The highest BCUT2D eigenvalue weighted by atomic mass is 32.2. The van der Waals surface area contributed by atoms with Crippen molar-refractivity contribution in [2.24, 2.45) is 5.84 Å². The van der Waals surface area contributed by atoms with Gasteiger partial charge in [0.05, 0.1) is 18.8 Å². The molecule has 0 spiro atoms. The number of amides is 2. The number of hydrogen-bond donors (Lipinski definition) is 3. The predicted octanol–water partition coefficient (Wildman–Crippen LogP) is -1.31. The number of nitrogens with one attached hydrogen (secondary N) is 2. The fourth-order valence-electron chi connectivity index (χ4n) is 3.51. The molecule has 0 saturated carbocycles. The van der Waals surface area contributed by atoms with E-state index in [1.54, 1.807) is 11.8 Å². The van der Waals surface area contributed by atoms with Crippen LogP contribution < -0.4 is 16.2 Å². The van der Waals surface area contributed by atoms with E-state index >= 15 is 0 Å². The van der Waals surface area contributed by atoms with Crippen LogP contribution in [0, 0.1) is 0 Å². The molecule has 7 heteroatoms. The molecule has 2 heterocycles. The van der Waals surface area contributed by atoms with Crippen LogP contribution in [0.1, 0.15) is 12.5 Å². The molecule has 1 aromatic carbocycles. The predicted molar refractivity (Wildman–Crippen MR) is 84.8 cm³/mol. The third kappa shape index (κ3) is 2.39. The number of carbonyl (C=O) groups is 2. The van der Waals surface area contributed by atoms with Crippen LogP contribution in [0.2, 0.25) is 0 Å². The lowest BCUT2D eigenvalue weighted by Crippen LogP contribution is -3.23. The highest BCUT2D eigenvalue weighted by Gasteiger charge is 2.55. The van der Waals surface area contributed by atoms with E-state index in [1.165, 1.54) is 0 Å². The number of rotatable bonds is 3. The normalized spacial score (nSPS) is 31.0. The summed E-state index contributed by atoms with van der Waals surface area (Å²) in [7, 11) is 0. The summed E-state index contributed by atoms with van der Waals surface area (Å²) in [5.41, 5.74) is 3.04. The summed E-state index contributed by atoms with van der Waals surface area (Å²) in [5, 5.41) is 0.0525. The quantitative estimate of drug-likeness (QED) is 0.367. The van der Waals surface area contributed by atoms with Gasteiger partial charge in [-0.1, -0.05) is 30.3 Å². The minimum Gasteiger partial charge on any atom is -0.318 e. The van der Waals surface area contributed by atoms with Crippen molar-refractivity contribution in [3.63, 3.8) is 0 Å². The zero-order chi connectivity index (χ0) is 15.7. The highest BCUT2D eigenvalue weighted by Crippen LogP contribution is 2.38. The molecule has 3 rings (SSSR count). The first-order chi connectivity index (χ1) is 10.6. The van der Waals surface area contributed by atoms with E-state index in [1.807, 2.05) is 23.1 Å². The van der Waals surface area contributed by atoms with Gasteiger partial charge in [0.25, 0.3) is 5.91 Å². The molecule has 2 aliphatic heterocycles. The van der Waals surface area contributed by atoms with Gasteiger partial charge in [-0.05, 0) is 6.92 Å². The maximum absolute atomic E-state index is 12.1. The molecule has 22 heavy (non-hydrogen) atoms. The summed E-state index contributed by atoms with van der Waals surface area (Å²) in [6.45, 7) is 3.87. The average molecular weight is 321 g/mol. The van der Waals surface area contributed by atoms with Gasteiger partial charge in [-0.3, -0.25) is 15.0 Å². The molecule has 2 fully saturated rings. The molecule has 2 amide bonds. The van der Waals surface area contributed by atoms with Crippen LogP contribution in [0.15, 0.2) is 30.3 Å². The molecular formula is C15H21N4O2S+. The fourth-order valence-corrected chi connectivity index (χ4v) is 5.02. The van der Waals surface area contributed by atoms with Crippen LogP contribution in [0.4, 0.5) is 0 Å². The zero-order valence-corrected chi connectivity index (χ0v) is 13.4. The van der Waals surface area contributed by atoms with Crippen LogP contribution >= 0.6 is 11.8 Å². The number of nitrogens with two attached hydrogens (primary N) is 1. The van der Waals surface area contributed by atoms with Crippen LogP contribution in [-0.2, 0) is 15.1 Å². The lowest BCUT2D eigenvalue weighted by molar-refractivity contribution is -0.958. The molecule has 1 aromatic rings. The minimum atomic E-state index is -0.331. The van der Waals surface area contributed by atoms with Crippen molar-refractivity contribution in [3.8, 4) is 0 Å². The Morgan fingerprint density at radius 1 is 1.50 bits per heavy atom. The molecule has 0 aliphatic carbocycles. The summed E-state index contributed by atoms with van der Waals surface area (Å²) in [5.74, 6) is 5.79. The van der Waals surface area contributed by atoms with Gasteiger partial charge in [0.15, 0.2) is 12.1 Å². The third-order valence-corrected chi connectivity index (χ3v) is 6.21. The first kappa shape index (κ1) is 15.3. The van der Waals surface area contributed by atoms with Crippen molar-refractivity contribution in [2.75, 3.05) is 25.4 Å². The molecule has 0 aromatic heterocycles. The average Bonchev–Trinajstić information content (AvgIpc) is 2.93. The molecule has 3 atom stereocenters. The molecule has 0 radical (unpaired) electrons. The van der Waals surface area contributed by atoms with Gasteiger partial charge in [-0.2, -0.15) is 0 Å². The first-order valence-electron chi connectivity index (χ1n) is 7.38. The summed E-state index contributed by atoms with van der Waals surface area (Å²) < 4.78 is 0. The number of hydrogen-bond acceptors (Lipinski definition) is 4. The Labute approximate surface area is 134 Å². The Balaban J connectivity index is 2.00. The maximum Gasteiger partial charge on any atom is 0.289 e. The zero-order valence-electron chi connectivity index (χ0n) is 12.5. The SMILES string of the molecule is CC1(c2ccccc2)C2SCC(=O)N2CC[NH+]1CC(=O)NN. The Morgan fingerprint density at radius 2 is 2.23 bits per heavy atom. The minimum absolute atomic E-state index is 0.0525. The molecule has 2 aliphatic rings. The second kappa shape index (κ2) is 5.91. The van der Waals surface area contributed by atoms with Gasteiger partial charge in [-0.25, -0.2) is 5.84 Å².